The quantitative estimate of drug-likeness (QED) is 0.432. The summed E-state index contributed by atoms with van der Waals surface area (Å²) in [6.07, 6.45) is 7.72. The van der Waals surface area contributed by atoms with E-state index in [0.29, 0.717) is 36.6 Å². The van der Waals surface area contributed by atoms with Crippen LogP contribution in [0.2, 0.25) is 0 Å². The molecule has 0 bridgehead atoms. The number of pyridine rings is 2. The number of fused-ring (bicyclic) bond motifs is 6. The van der Waals surface area contributed by atoms with Gasteiger partial charge in [-0.15, -0.1) is 0 Å². The van der Waals surface area contributed by atoms with Gasteiger partial charge >= 0.3 is 0 Å². The van der Waals surface area contributed by atoms with Crippen molar-refractivity contribution in [3.05, 3.63) is 77.2 Å². The van der Waals surface area contributed by atoms with Gasteiger partial charge in [0.25, 0.3) is 10.0 Å². The molecule has 0 aliphatic carbocycles. The fraction of sp³-hybridized carbons (Fsp3) is 0.192. The van der Waals surface area contributed by atoms with Crippen molar-refractivity contribution in [1.82, 2.24) is 19.5 Å². The third-order valence-electron chi connectivity index (χ3n) is 6.32. The smallest absolute Gasteiger partial charge is 0.255 e. The minimum absolute atomic E-state index is 0.407. The molecule has 0 radical (unpaired) electrons. The van der Waals surface area contributed by atoms with E-state index in [9.17, 15) is 8.42 Å². The first kappa shape index (κ1) is 22.3. The van der Waals surface area contributed by atoms with Gasteiger partial charge in [0.1, 0.15) is 17.4 Å². The lowest BCUT2D eigenvalue weighted by Gasteiger charge is -2.22. The van der Waals surface area contributed by atoms with Crippen molar-refractivity contribution in [3.8, 4) is 22.8 Å². The fourth-order valence-electron chi connectivity index (χ4n) is 4.67. The van der Waals surface area contributed by atoms with E-state index < -0.39 is 10.0 Å². The largest absolute Gasteiger partial charge is 0.493 e. The first-order chi connectivity index (χ1) is 17.4. The second-order valence-corrected chi connectivity index (χ2v) is 10.2. The number of aromatic nitrogens is 4. The third-order valence-corrected chi connectivity index (χ3v) is 7.32. The second-order valence-electron chi connectivity index (χ2n) is 8.63. The Kier molecular flexibility index (Phi) is 5.26. The van der Waals surface area contributed by atoms with Crippen LogP contribution in [0.15, 0.2) is 60.4 Å². The molecule has 0 saturated heterocycles. The summed E-state index contributed by atoms with van der Waals surface area (Å²) in [6, 6.07) is 11.4. The van der Waals surface area contributed by atoms with Gasteiger partial charge in [0.2, 0.25) is 0 Å². The Morgan fingerprint density at radius 3 is 2.81 bits per heavy atom. The summed E-state index contributed by atoms with van der Waals surface area (Å²) >= 11 is 0. The van der Waals surface area contributed by atoms with Gasteiger partial charge < -0.3 is 9.64 Å². The first-order valence-electron chi connectivity index (χ1n) is 11.7. The third kappa shape index (κ3) is 3.70. The van der Waals surface area contributed by atoms with Crippen LogP contribution in [0.1, 0.15) is 23.7 Å². The number of nitrogens with zero attached hydrogens (tertiary/aromatic N) is 5. The lowest BCUT2D eigenvalue weighted by atomic mass is 10.1. The average Bonchev–Trinajstić information content (AvgIpc) is 3.20. The summed E-state index contributed by atoms with van der Waals surface area (Å²) in [6.45, 7) is 5.24. The Balaban J connectivity index is 1.31. The monoisotopic (exact) mass is 500 g/mol. The molecule has 1 N–H and O–H groups in total. The predicted octanol–water partition coefficient (Wildman–Crippen LogP) is 4.46. The predicted molar refractivity (Wildman–Crippen MR) is 139 cm³/mol. The molecule has 9 nitrogen and oxygen atoms in total. The Bertz CT molecular complexity index is 1630. The number of hydrogen-bond acceptors (Lipinski definition) is 7. The molecule has 0 fully saturated rings. The van der Waals surface area contributed by atoms with Crippen LogP contribution in [0, 0.1) is 6.92 Å². The summed E-state index contributed by atoms with van der Waals surface area (Å²) in [7, 11) is -3.45. The summed E-state index contributed by atoms with van der Waals surface area (Å²) in [5.74, 6) is 3.12. The Morgan fingerprint density at radius 2 is 1.94 bits per heavy atom. The topological polar surface area (TPSA) is 102 Å². The highest BCUT2D eigenvalue weighted by Crippen LogP contribution is 2.41. The molecule has 182 valence electrons. The molecule has 0 atom stereocenters. The minimum atomic E-state index is -3.45. The summed E-state index contributed by atoms with van der Waals surface area (Å²) in [5, 5.41) is 1.15. The Hall–Kier alpha value is -4.18. The van der Waals surface area contributed by atoms with Crippen LogP contribution in [0.3, 0.4) is 0 Å². The van der Waals surface area contributed by atoms with Gasteiger partial charge in [-0.25, -0.2) is 23.4 Å². The molecule has 0 amide bonds. The van der Waals surface area contributed by atoms with Crippen molar-refractivity contribution in [2.45, 2.75) is 20.3 Å². The number of benzene rings is 1. The summed E-state index contributed by atoms with van der Waals surface area (Å²) in [4.78, 5) is 16.3. The van der Waals surface area contributed by atoms with E-state index in [1.54, 1.807) is 24.4 Å². The molecule has 0 unspecified atom stereocenters. The zero-order valence-corrected chi connectivity index (χ0v) is 20.7. The SMILES string of the molecule is CCN1c2ncc(CCOc3cccc4c3C=CS(=O)(=O)N4)cc2-c2ncc(C)n2-c2cccnc21. The maximum absolute atomic E-state index is 11.8. The number of ether oxygens (including phenoxy) is 1. The molecule has 6 rings (SSSR count). The second kappa shape index (κ2) is 8.49. The maximum atomic E-state index is 11.8. The van der Waals surface area contributed by atoms with Gasteiger partial charge in [-0.3, -0.25) is 9.29 Å². The lowest BCUT2D eigenvalue weighted by molar-refractivity contribution is 0.321. The zero-order chi connectivity index (χ0) is 24.9. The van der Waals surface area contributed by atoms with Crippen molar-refractivity contribution in [1.29, 1.82) is 0 Å². The minimum Gasteiger partial charge on any atom is -0.493 e. The molecular formula is C26H24N6O3S. The van der Waals surface area contributed by atoms with Crippen LogP contribution in [-0.2, 0) is 16.4 Å². The van der Waals surface area contributed by atoms with E-state index in [1.807, 2.05) is 31.5 Å². The van der Waals surface area contributed by atoms with Crippen LogP contribution < -0.4 is 14.4 Å². The molecule has 0 saturated carbocycles. The van der Waals surface area contributed by atoms with Gasteiger partial charge in [-0.2, -0.15) is 0 Å². The summed E-state index contributed by atoms with van der Waals surface area (Å²) < 4.78 is 34.3. The number of imidazole rings is 1. The molecule has 2 aliphatic heterocycles. The van der Waals surface area contributed by atoms with Gasteiger partial charge in [0, 0.05) is 42.8 Å². The number of hydrogen-bond donors (Lipinski definition) is 1. The van der Waals surface area contributed by atoms with E-state index >= 15 is 0 Å². The van der Waals surface area contributed by atoms with E-state index in [-0.39, 0.29) is 0 Å². The van der Waals surface area contributed by atoms with Crippen LogP contribution in [0.25, 0.3) is 23.2 Å². The lowest BCUT2D eigenvalue weighted by Crippen LogP contribution is -2.20. The van der Waals surface area contributed by atoms with Crippen LogP contribution in [-0.4, -0.2) is 41.1 Å². The Labute approximate surface area is 209 Å². The van der Waals surface area contributed by atoms with Crippen molar-refractivity contribution in [3.63, 3.8) is 0 Å². The molecule has 3 aromatic heterocycles. The molecule has 1 aromatic carbocycles. The molecular weight excluding hydrogens is 476 g/mol. The van der Waals surface area contributed by atoms with Gasteiger partial charge in [-0.05, 0) is 55.8 Å². The normalized spacial score (nSPS) is 14.7. The molecule has 2 aliphatic rings. The summed E-state index contributed by atoms with van der Waals surface area (Å²) in [5.41, 5.74) is 5.18. The number of rotatable bonds is 5. The highest BCUT2D eigenvalue weighted by molar-refractivity contribution is 7.95. The number of sulfonamides is 1. The Morgan fingerprint density at radius 1 is 1.06 bits per heavy atom. The van der Waals surface area contributed by atoms with Gasteiger partial charge in [0.15, 0.2) is 5.82 Å². The van der Waals surface area contributed by atoms with Crippen molar-refractivity contribution < 1.29 is 13.2 Å². The highest BCUT2D eigenvalue weighted by Gasteiger charge is 2.28. The zero-order valence-electron chi connectivity index (χ0n) is 19.8. The molecule has 10 heteroatoms. The first-order valence-corrected chi connectivity index (χ1v) is 13.2. The molecule has 5 heterocycles. The van der Waals surface area contributed by atoms with Crippen molar-refractivity contribution in [2.75, 3.05) is 22.8 Å². The van der Waals surface area contributed by atoms with Gasteiger partial charge in [0.05, 0.1) is 29.0 Å². The number of nitrogens with one attached hydrogen (secondary N) is 1. The standard InChI is InChI=1S/C26H24N6O3S/c1-3-31-24-20(25-28-15-17(2)32(25)22-7-5-11-27-26(22)31)14-18(16-29-24)9-12-35-23-8-4-6-21-19(23)10-13-36(33,34)30-21/h4-8,10-11,13-16,30H,3,9,12H2,1-2H3. The van der Waals surface area contributed by atoms with E-state index in [1.165, 1.54) is 0 Å². The van der Waals surface area contributed by atoms with Crippen molar-refractivity contribution >= 4 is 33.4 Å². The number of aryl methyl sites for hydroxylation is 1. The van der Waals surface area contributed by atoms with Crippen LogP contribution >= 0.6 is 0 Å². The highest BCUT2D eigenvalue weighted by atomic mass is 32.2. The van der Waals surface area contributed by atoms with E-state index in [2.05, 4.69) is 38.2 Å². The van der Waals surface area contributed by atoms with E-state index in [0.717, 1.165) is 45.4 Å². The molecule has 0 spiro atoms. The molecule has 4 aromatic rings. The van der Waals surface area contributed by atoms with Gasteiger partial charge in [-0.1, -0.05) is 6.07 Å². The van der Waals surface area contributed by atoms with Crippen molar-refractivity contribution in [2.24, 2.45) is 0 Å². The van der Waals surface area contributed by atoms with Crippen LogP contribution in [0.4, 0.5) is 17.3 Å². The molecule has 36 heavy (non-hydrogen) atoms. The van der Waals surface area contributed by atoms with E-state index in [4.69, 9.17) is 14.7 Å². The maximum Gasteiger partial charge on any atom is 0.255 e. The average molecular weight is 501 g/mol. The number of anilines is 3. The fourth-order valence-corrected chi connectivity index (χ4v) is 5.54. The van der Waals surface area contributed by atoms with Crippen LogP contribution in [0.5, 0.6) is 5.75 Å².